The Morgan fingerprint density at radius 1 is 1.00 bits per heavy atom. The molecule has 0 unspecified atom stereocenters. The number of amides is 1. The number of carbonyl (C=O) groups excluding carboxylic acids is 1. The summed E-state index contributed by atoms with van der Waals surface area (Å²) >= 11 is 0. The van der Waals surface area contributed by atoms with Crippen molar-refractivity contribution >= 4 is 12.1 Å². The van der Waals surface area contributed by atoms with Gasteiger partial charge < -0.3 is 9.47 Å². The molecule has 5 nitrogen and oxygen atoms in total. The van der Waals surface area contributed by atoms with Crippen molar-refractivity contribution in [1.29, 1.82) is 0 Å². The van der Waals surface area contributed by atoms with Crippen LogP contribution in [0.2, 0.25) is 0 Å². The number of benzene rings is 2. The molecule has 0 aliphatic heterocycles. The third-order valence-corrected chi connectivity index (χ3v) is 3.41. The van der Waals surface area contributed by atoms with E-state index in [1.807, 2.05) is 42.5 Å². The van der Waals surface area contributed by atoms with Crippen LogP contribution in [-0.2, 0) is 4.79 Å². The van der Waals surface area contributed by atoms with Crippen LogP contribution in [0.25, 0.3) is 0 Å². The summed E-state index contributed by atoms with van der Waals surface area (Å²) in [6.45, 7) is 6.50. The Bertz CT molecular complexity index is 709. The lowest BCUT2D eigenvalue weighted by Crippen LogP contribution is -2.12. The molecule has 0 bridgehead atoms. The van der Waals surface area contributed by atoms with Gasteiger partial charge >= 0.3 is 0 Å². The van der Waals surface area contributed by atoms with E-state index in [0.29, 0.717) is 13.2 Å². The van der Waals surface area contributed by atoms with Gasteiger partial charge in [0.25, 0.3) is 0 Å². The zero-order valence-electron chi connectivity index (χ0n) is 14.2. The van der Waals surface area contributed by atoms with Gasteiger partial charge in [-0.25, -0.2) is 5.43 Å². The Kier molecular flexibility index (Phi) is 6.37. The summed E-state index contributed by atoms with van der Waals surface area (Å²) in [4.78, 5) is 10.7. The molecule has 0 saturated carbocycles. The minimum atomic E-state index is -0.199. The molecule has 0 aliphatic rings. The molecular formula is C19H22N2O3. The molecule has 2 rings (SSSR count). The van der Waals surface area contributed by atoms with E-state index in [9.17, 15) is 4.79 Å². The molecule has 126 valence electrons. The number of ether oxygens (including phenoxy) is 2. The van der Waals surface area contributed by atoms with Crippen molar-refractivity contribution in [1.82, 2.24) is 5.43 Å². The molecule has 1 amide bonds. The smallest absolute Gasteiger partial charge is 0.236 e. The van der Waals surface area contributed by atoms with Gasteiger partial charge in [-0.1, -0.05) is 6.07 Å². The second-order valence-corrected chi connectivity index (χ2v) is 5.44. The fraction of sp³-hybridized carbons (Fsp3) is 0.263. The molecule has 0 aromatic heterocycles. The second kappa shape index (κ2) is 8.72. The zero-order chi connectivity index (χ0) is 17.4. The van der Waals surface area contributed by atoms with E-state index < -0.39 is 0 Å². The largest absolute Gasteiger partial charge is 0.490 e. The van der Waals surface area contributed by atoms with Crippen molar-refractivity contribution in [2.75, 3.05) is 13.2 Å². The highest BCUT2D eigenvalue weighted by Crippen LogP contribution is 2.16. The summed E-state index contributed by atoms with van der Waals surface area (Å²) in [6.07, 6.45) is 1.58. The highest BCUT2D eigenvalue weighted by atomic mass is 16.5. The molecule has 0 spiro atoms. The fourth-order valence-corrected chi connectivity index (χ4v) is 1.97. The van der Waals surface area contributed by atoms with Crippen LogP contribution in [0.5, 0.6) is 11.5 Å². The van der Waals surface area contributed by atoms with Gasteiger partial charge in [-0.3, -0.25) is 4.79 Å². The van der Waals surface area contributed by atoms with Gasteiger partial charge in [0.1, 0.15) is 24.7 Å². The number of nitrogens with zero attached hydrogens (tertiary/aromatic N) is 1. The number of hydrogen-bond donors (Lipinski definition) is 1. The van der Waals surface area contributed by atoms with Crippen LogP contribution >= 0.6 is 0 Å². The maximum absolute atomic E-state index is 10.7. The number of rotatable bonds is 7. The van der Waals surface area contributed by atoms with E-state index in [1.54, 1.807) is 6.21 Å². The fourth-order valence-electron chi connectivity index (χ4n) is 1.97. The molecule has 2 aromatic rings. The van der Waals surface area contributed by atoms with Gasteiger partial charge in [0.15, 0.2) is 0 Å². The first-order valence-electron chi connectivity index (χ1n) is 7.77. The number of carbonyl (C=O) groups is 1. The van der Waals surface area contributed by atoms with Crippen molar-refractivity contribution < 1.29 is 14.3 Å². The first-order valence-corrected chi connectivity index (χ1v) is 7.77. The molecule has 0 radical (unpaired) electrons. The maximum Gasteiger partial charge on any atom is 0.236 e. The van der Waals surface area contributed by atoms with Crippen LogP contribution in [0.1, 0.15) is 23.6 Å². The van der Waals surface area contributed by atoms with E-state index in [4.69, 9.17) is 9.47 Å². The van der Waals surface area contributed by atoms with Crippen molar-refractivity contribution in [3.63, 3.8) is 0 Å². The first-order chi connectivity index (χ1) is 11.5. The average molecular weight is 326 g/mol. The summed E-state index contributed by atoms with van der Waals surface area (Å²) in [5.74, 6) is 1.41. The van der Waals surface area contributed by atoms with Gasteiger partial charge in [0.05, 0.1) is 6.21 Å². The lowest BCUT2D eigenvalue weighted by molar-refractivity contribution is -0.118. The maximum atomic E-state index is 10.7. The van der Waals surface area contributed by atoms with Crippen LogP contribution < -0.4 is 14.9 Å². The van der Waals surface area contributed by atoms with Gasteiger partial charge in [0.2, 0.25) is 5.91 Å². The third-order valence-electron chi connectivity index (χ3n) is 3.41. The standard InChI is InChI=1S/C19H22N2O3/c1-14-4-7-19(12-15(14)2)24-11-10-23-18-8-5-17(6-9-18)13-20-21-16(3)22/h4-9,12-13H,10-11H2,1-3H3,(H,21,22)/b20-13-. The zero-order valence-corrected chi connectivity index (χ0v) is 14.2. The van der Waals surface area contributed by atoms with Crippen LogP contribution in [0.15, 0.2) is 47.6 Å². The van der Waals surface area contributed by atoms with Crippen molar-refractivity contribution in [2.24, 2.45) is 5.10 Å². The van der Waals surface area contributed by atoms with Crippen molar-refractivity contribution in [3.05, 3.63) is 59.2 Å². The minimum absolute atomic E-state index is 0.199. The summed E-state index contributed by atoms with van der Waals surface area (Å²) in [7, 11) is 0. The molecule has 0 fully saturated rings. The molecule has 2 aromatic carbocycles. The molecular weight excluding hydrogens is 304 g/mol. The Hall–Kier alpha value is -2.82. The lowest BCUT2D eigenvalue weighted by Gasteiger charge is -2.10. The van der Waals surface area contributed by atoms with Crippen LogP contribution in [0.3, 0.4) is 0 Å². The molecule has 0 atom stereocenters. The predicted octanol–water partition coefficient (Wildman–Crippen LogP) is 3.23. The molecule has 1 N–H and O–H groups in total. The SMILES string of the molecule is CC(=O)N/N=C\c1ccc(OCCOc2ccc(C)c(C)c2)cc1. The van der Waals surface area contributed by atoms with Gasteiger partial charge in [-0.15, -0.1) is 0 Å². The lowest BCUT2D eigenvalue weighted by atomic mass is 10.1. The molecule has 0 heterocycles. The quantitative estimate of drug-likeness (QED) is 0.483. The van der Waals surface area contributed by atoms with Gasteiger partial charge in [-0.2, -0.15) is 5.10 Å². The summed E-state index contributed by atoms with van der Waals surface area (Å²) in [5.41, 5.74) is 5.70. The van der Waals surface area contributed by atoms with E-state index in [0.717, 1.165) is 17.1 Å². The van der Waals surface area contributed by atoms with Gasteiger partial charge in [0, 0.05) is 6.92 Å². The van der Waals surface area contributed by atoms with Crippen molar-refractivity contribution in [3.8, 4) is 11.5 Å². The highest BCUT2D eigenvalue weighted by Gasteiger charge is 1.98. The average Bonchev–Trinajstić information content (AvgIpc) is 2.56. The number of hydrazone groups is 1. The van der Waals surface area contributed by atoms with Crippen LogP contribution in [-0.4, -0.2) is 25.3 Å². The number of nitrogens with one attached hydrogen (secondary N) is 1. The van der Waals surface area contributed by atoms with E-state index in [-0.39, 0.29) is 5.91 Å². The van der Waals surface area contributed by atoms with Crippen LogP contribution in [0, 0.1) is 13.8 Å². The van der Waals surface area contributed by atoms with Crippen molar-refractivity contribution in [2.45, 2.75) is 20.8 Å². The predicted molar refractivity (Wildman–Crippen MR) is 94.8 cm³/mol. The number of hydrogen-bond acceptors (Lipinski definition) is 4. The Morgan fingerprint density at radius 3 is 2.25 bits per heavy atom. The normalized spacial score (nSPS) is 10.6. The van der Waals surface area contributed by atoms with E-state index in [2.05, 4.69) is 24.4 Å². The topological polar surface area (TPSA) is 59.9 Å². The first kappa shape index (κ1) is 17.5. The molecule has 0 aliphatic carbocycles. The Balaban J connectivity index is 1.75. The summed E-state index contributed by atoms with van der Waals surface area (Å²) in [5, 5.41) is 3.81. The monoisotopic (exact) mass is 326 g/mol. The minimum Gasteiger partial charge on any atom is -0.490 e. The highest BCUT2D eigenvalue weighted by molar-refractivity contribution is 5.81. The third kappa shape index (κ3) is 5.76. The molecule has 0 saturated heterocycles. The molecule has 5 heteroatoms. The summed E-state index contributed by atoms with van der Waals surface area (Å²) in [6, 6.07) is 13.5. The number of aryl methyl sites for hydroxylation is 2. The van der Waals surface area contributed by atoms with Gasteiger partial charge in [-0.05, 0) is 66.9 Å². The Morgan fingerprint density at radius 2 is 1.62 bits per heavy atom. The Labute approximate surface area is 142 Å². The summed E-state index contributed by atoms with van der Waals surface area (Å²) < 4.78 is 11.3. The van der Waals surface area contributed by atoms with Crippen LogP contribution in [0.4, 0.5) is 0 Å². The second-order valence-electron chi connectivity index (χ2n) is 5.44. The van der Waals surface area contributed by atoms with E-state index in [1.165, 1.54) is 18.1 Å². The van der Waals surface area contributed by atoms with E-state index >= 15 is 0 Å². The molecule has 24 heavy (non-hydrogen) atoms.